The Morgan fingerprint density at radius 1 is 1.47 bits per heavy atom. The number of carbonyl (C=O) groups excluding carboxylic acids is 1. The predicted molar refractivity (Wildman–Crippen MR) is 61.8 cm³/mol. The summed E-state index contributed by atoms with van der Waals surface area (Å²) < 4.78 is 17.9. The van der Waals surface area contributed by atoms with Crippen LogP contribution in [0.15, 0.2) is 11.4 Å². The van der Waals surface area contributed by atoms with Crippen LogP contribution in [0.2, 0.25) is 0 Å². The lowest BCUT2D eigenvalue weighted by atomic mass is 10.2. The van der Waals surface area contributed by atoms with Gasteiger partial charge in [0.25, 0.3) is 0 Å². The Morgan fingerprint density at radius 2 is 2.00 bits per heavy atom. The molecular formula is C10H17BrFNO2. The van der Waals surface area contributed by atoms with Crippen molar-refractivity contribution in [3.63, 3.8) is 0 Å². The second-order valence-corrected chi connectivity index (χ2v) is 4.74. The number of halogens is 2. The van der Waals surface area contributed by atoms with E-state index in [2.05, 4.69) is 21.2 Å². The number of alkyl halides is 1. The monoisotopic (exact) mass is 281 g/mol. The summed E-state index contributed by atoms with van der Waals surface area (Å²) in [5.74, 6) is -0.272. The first-order valence-electron chi connectivity index (χ1n) is 4.63. The largest absolute Gasteiger partial charge is 0.444 e. The Hall–Kier alpha value is -0.580. The van der Waals surface area contributed by atoms with Gasteiger partial charge in [0.2, 0.25) is 0 Å². The third kappa shape index (κ3) is 7.36. The highest BCUT2D eigenvalue weighted by atomic mass is 79.9. The maximum atomic E-state index is 13.0. The highest BCUT2D eigenvalue weighted by molar-refractivity contribution is 9.09. The van der Waals surface area contributed by atoms with Gasteiger partial charge in [0.1, 0.15) is 11.4 Å². The molecule has 15 heavy (non-hydrogen) atoms. The van der Waals surface area contributed by atoms with E-state index in [1.807, 2.05) is 0 Å². The van der Waals surface area contributed by atoms with Crippen LogP contribution < -0.4 is 5.32 Å². The van der Waals surface area contributed by atoms with Gasteiger partial charge in [0.05, 0.1) is 5.33 Å². The highest BCUT2D eigenvalue weighted by Gasteiger charge is 2.15. The molecule has 3 nitrogen and oxygen atoms in total. The smallest absolute Gasteiger partial charge is 0.407 e. The summed E-state index contributed by atoms with van der Waals surface area (Å²) in [7, 11) is 0. The molecule has 1 amide bonds. The molecule has 1 N–H and O–H groups in total. The Balaban J connectivity index is 4.03. The Morgan fingerprint density at radius 3 is 2.40 bits per heavy atom. The zero-order valence-electron chi connectivity index (χ0n) is 9.49. The molecule has 0 radical (unpaired) electrons. The summed E-state index contributed by atoms with van der Waals surface area (Å²) in [6.07, 6.45) is -0.538. The fraction of sp³-hybridized carbons (Fsp3) is 0.700. The summed E-state index contributed by atoms with van der Waals surface area (Å²) in [5, 5.41) is 2.64. The van der Waals surface area contributed by atoms with E-state index in [9.17, 15) is 9.18 Å². The van der Waals surface area contributed by atoms with Crippen LogP contribution in [-0.2, 0) is 4.74 Å². The SMILES string of the molecule is C/C(CNC(=O)OC(C)(C)C)=C(\F)CBr. The number of carbonyl (C=O) groups is 1. The summed E-state index contributed by atoms with van der Waals surface area (Å²) >= 11 is 2.99. The molecule has 0 rings (SSSR count). The van der Waals surface area contributed by atoms with Crippen molar-refractivity contribution in [1.29, 1.82) is 0 Å². The van der Waals surface area contributed by atoms with Gasteiger partial charge >= 0.3 is 6.09 Å². The normalized spacial score (nSPS) is 13.2. The summed E-state index contributed by atoms with van der Waals surface area (Å²) in [6.45, 7) is 7.09. The molecular weight excluding hydrogens is 265 g/mol. The maximum absolute atomic E-state index is 13.0. The van der Waals surface area contributed by atoms with Crippen molar-refractivity contribution in [3.8, 4) is 0 Å². The fourth-order valence-electron chi connectivity index (χ4n) is 0.729. The molecule has 0 aliphatic heterocycles. The quantitative estimate of drug-likeness (QED) is 0.807. The van der Waals surface area contributed by atoms with Gasteiger partial charge in [0, 0.05) is 6.54 Å². The van der Waals surface area contributed by atoms with E-state index in [4.69, 9.17) is 4.74 Å². The lowest BCUT2D eigenvalue weighted by Crippen LogP contribution is -2.33. The van der Waals surface area contributed by atoms with E-state index in [1.54, 1.807) is 27.7 Å². The van der Waals surface area contributed by atoms with Crippen LogP contribution in [0, 0.1) is 0 Å². The topological polar surface area (TPSA) is 38.3 Å². The van der Waals surface area contributed by atoms with Crippen molar-refractivity contribution in [3.05, 3.63) is 11.4 Å². The van der Waals surface area contributed by atoms with E-state index >= 15 is 0 Å². The van der Waals surface area contributed by atoms with E-state index < -0.39 is 11.7 Å². The zero-order valence-corrected chi connectivity index (χ0v) is 11.1. The molecule has 0 heterocycles. The van der Waals surface area contributed by atoms with Crippen molar-refractivity contribution in [2.45, 2.75) is 33.3 Å². The maximum Gasteiger partial charge on any atom is 0.407 e. The minimum Gasteiger partial charge on any atom is -0.444 e. The second kappa shape index (κ2) is 6.10. The standard InChI is InChI=1S/C10H17BrFNO2/c1-7(8(12)5-11)6-13-9(14)15-10(2,3)4/h5-6H2,1-4H3,(H,13,14)/b8-7+. The Bertz CT molecular complexity index is 259. The third-order valence-corrected chi connectivity index (χ3v) is 1.97. The van der Waals surface area contributed by atoms with Gasteiger partial charge in [-0.3, -0.25) is 0 Å². The summed E-state index contributed by atoms with van der Waals surface area (Å²) in [6, 6.07) is 0. The number of allylic oxidation sites excluding steroid dienone is 1. The van der Waals surface area contributed by atoms with Crippen molar-refractivity contribution >= 4 is 22.0 Å². The summed E-state index contributed by atoms with van der Waals surface area (Å²) in [4.78, 5) is 11.2. The number of rotatable bonds is 3. The van der Waals surface area contributed by atoms with Gasteiger partial charge in [-0.25, -0.2) is 9.18 Å². The van der Waals surface area contributed by atoms with Crippen molar-refractivity contribution in [1.82, 2.24) is 5.32 Å². The first-order chi connectivity index (χ1) is 6.76. The number of hydrogen-bond donors (Lipinski definition) is 1. The molecule has 0 spiro atoms. The van der Waals surface area contributed by atoms with E-state index in [1.165, 1.54) is 0 Å². The van der Waals surface area contributed by atoms with Gasteiger partial charge in [-0.1, -0.05) is 15.9 Å². The third-order valence-electron chi connectivity index (χ3n) is 1.48. The van der Waals surface area contributed by atoms with Crippen molar-refractivity contribution in [2.24, 2.45) is 0 Å². The molecule has 0 aromatic rings. The molecule has 0 aliphatic carbocycles. The first kappa shape index (κ1) is 14.4. The van der Waals surface area contributed by atoms with Crippen molar-refractivity contribution in [2.75, 3.05) is 11.9 Å². The van der Waals surface area contributed by atoms with Crippen LogP contribution in [0.5, 0.6) is 0 Å². The van der Waals surface area contributed by atoms with E-state index in [0.29, 0.717) is 5.57 Å². The zero-order chi connectivity index (χ0) is 12.1. The van der Waals surface area contributed by atoms with Crippen molar-refractivity contribution < 1.29 is 13.9 Å². The lowest BCUT2D eigenvalue weighted by molar-refractivity contribution is 0.0532. The van der Waals surface area contributed by atoms with Crippen LogP contribution in [0.3, 0.4) is 0 Å². The Labute approximate surface area is 98.2 Å². The first-order valence-corrected chi connectivity index (χ1v) is 5.75. The molecule has 5 heteroatoms. The van der Waals surface area contributed by atoms with E-state index in [-0.39, 0.29) is 17.7 Å². The lowest BCUT2D eigenvalue weighted by Gasteiger charge is -2.19. The van der Waals surface area contributed by atoms with Crippen LogP contribution in [-0.4, -0.2) is 23.6 Å². The average Bonchev–Trinajstić information content (AvgIpc) is 2.10. The fourth-order valence-corrected chi connectivity index (χ4v) is 1.21. The molecule has 0 aromatic carbocycles. The minimum atomic E-state index is -0.538. The highest BCUT2D eigenvalue weighted by Crippen LogP contribution is 2.09. The average molecular weight is 282 g/mol. The number of ether oxygens (including phenoxy) is 1. The number of hydrogen-bond acceptors (Lipinski definition) is 2. The van der Waals surface area contributed by atoms with Gasteiger partial charge in [0.15, 0.2) is 0 Å². The van der Waals surface area contributed by atoms with Crippen LogP contribution in [0.1, 0.15) is 27.7 Å². The van der Waals surface area contributed by atoms with Gasteiger partial charge < -0.3 is 10.1 Å². The molecule has 0 fully saturated rings. The molecule has 88 valence electrons. The number of nitrogens with one attached hydrogen (secondary N) is 1. The molecule has 0 saturated heterocycles. The molecule has 0 saturated carbocycles. The number of alkyl carbamates (subject to hydrolysis) is 1. The molecule has 0 atom stereocenters. The van der Waals surface area contributed by atoms with Gasteiger partial charge in [-0.05, 0) is 33.3 Å². The predicted octanol–water partition coefficient (Wildman–Crippen LogP) is 3.15. The Kier molecular flexibility index (Phi) is 5.87. The minimum absolute atomic E-state index is 0.159. The van der Waals surface area contributed by atoms with E-state index in [0.717, 1.165) is 0 Å². The van der Waals surface area contributed by atoms with Gasteiger partial charge in [-0.2, -0.15) is 0 Å². The van der Waals surface area contributed by atoms with Gasteiger partial charge in [-0.15, -0.1) is 0 Å². The van der Waals surface area contributed by atoms with Crippen LogP contribution in [0.4, 0.5) is 9.18 Å². The molecule has 0 bridgehead atoms. The van der Waals surface area contributed by atoms with Crippen LogP contribution in [0.25, 0.3) is 0 Å². The van der Waals surface area contributed by atoms with Crippen LogP contribution >= 0.6 is 15.9 Å². The molecule has 0 aliphatic rings. The molecule has 0 unspecified atom stereocenters. The second-order valence-electron chi connectivity index (χ2n) is 4.17. The molecule has 0 aromatic heterocycles. The summed E-state index contributed by atoms with van der Waals surface area (Å²) in [5.41, 5.74) is -0.0481. The number of amides is 1.